The minimum atomic E-state index is -0.0340. The SMILES string of the molecule is CC(C)(C)OCC1CCN(C(c2ccccc2)c2ccccc2)CC1. The average Bonchev–Trinajstić information content (AvgIpc) is 2.62. The van der Waals surface area contributed by atoms with Crippen molar-refractivity contribution in [1.29, 1.82) is 0 Å². The van der Waals surface area contributed by atoms with Gasteiger partial charge in [-0.2, -0.15) is 0 Å². The maximum absolute atomic E-state index is 6.02. The quantitative estimate of drug-likeness (QED) is 0.734. The van der Waals surface area contributed by atoms with Crippen LogP contribution in [-0.2, 0) is 4.74 Å². The van der Waals surface area contributed by atoms with Crippen LogP contribution in [0.3, 0.4) is 0 Å². The molecule has 2 aromatic rings. The van der Waals surface area contributed by atoms with Crippen LogP contribution in [0.1, 0.15) is 50.8 Å². The van der Waals surface area contributed by atoms with Crippen LogP contribution in [0, 0.1) is 5.92 Å². The Morgan fingerprint density at radius 3 is 1.80 bits per heavy atom. The minimum absolute atomic E-state index is 0.0340. The molecule has 1 fully saturated rings. The number of nitrogens with zero attached hydrogens (tertiary/aromatic N) is 1. The van der Waals surface area contributed by atoms with Gasteiger partial charge in [-0.3, -0.25) is 4.90 Å². The van der Waals surface area contributed by atoms with Crippen molar-refractivity contribution >= 4 is 0 Å². The molecule has 0 amide bonds. The molecule has 3 rings (SSSR count). The maximum Gasteiger partial charge on any atom is 0.0601 e. The molecule has 0 bridgehead atoms. The van der Waals surface area contributed by atoms with Crippen LogP contribution >= 0.6 is 0 Å². The lowest BCUT2D eigenvalue weighted by Crippen LogP contribution is -2.39. The monoisotopic (exact) mass is 337 g/mol. The van der Waals surface area contributed by atoms with Gasteiger partial charge >= 0.3 is 0 Å². The van der Waals surface area contributed by atoms with Crippen molar-refractivity contribution in [1.82, 2.24) is 4.90 Å². The summed E-state index contributed by atoms with van der Waals surface area (Å²) in [5.74, 6) is 0.683. The zero-order chi connectivity index (χ0) is 17.7. The van der Waals surface area contributed by atoms with Crippen LogP contribution in [0.2, 0.25) is 0 Å². The molecule has 2 nitrogen and oxygen atoms in total. The van der Waals surface area contributed by atoms with Crippen LogP contribution in [0.25, 0.3) is 0 Å². The fourth-order valence-electron chi connectivity index (χ4n) is 3.63. The summed E-state index contributed by atoms with van der Waals surface area (Å²) in [5.41, 5.74) is 2.74. The standard InChI is InChI=1S/C23H31NO/c1-23(2,3)25-18-19-14-16-24(17-15-19)22(20-10-6-4-7-11-20)21-12-8-5-9-13-21/h4-13,19,22H,14-18H2,1-3H3. The highest BCUT2D eigenvalue weighted by molar-refractivity contribution is 5.31. The lowest BCUT2D eigenvalue weighted by molar-refractivity contribution is -0.0339. The van der Waals surface area contributed by atoms with E-state index >= 15 is 0 Å². The summed E-state index contributed by atoms with van der Waals surface area (Å²) < 4.78 is 6.02. The van der Waals surface area contributed by atoms with Crippen LogP contribution in [0.5, 0.6) is 0 Å². The van der Waals surface area contributed by atoms with Gasteiger partial charge in [0.2, 0.25) is 0 Å². The molecule has 0 saturated carbocycles. The smallest absolute Gasteiger partial charge is 0.0601 e. The number of benzene rings is 2. The third-order valence-electron chi connectivity index (χ3n) is 5.00. The highest BCUT2D eigenvalue weighted by Crippen LogP contribution is 2.32. The molecule has 0 spiro atoms. The largest absolute Gasteiger partial charge is 0.376 e. The molecule has 1 saturated heterocycles. The number of likely N-dealkylation sites (tertiary alicyclic amines) is 1. The number of hydrogen-bond acceptors (Lipinski definition) is 2. The molecule has 1 aliphatic rings. The van der Waals surface area contributed by atoms with Gasteiger partial charge < -0.3 is 4.74 Å². The molecule has 0 radical (unpaired) electrons. The average molecular weight is 338 g/mol. The van der Waals surface area contributed by atoms with Crippen LogP contribution in [0.4, 0.5) is 0 Å². The van der Waals surface area contributed by atoms with Crippen molar-refractivity contribution in [3.8, 4) is 0 Å². The van der Waals surface area contributed by atoms with Gasteiger partial charge in [0, 0.05) is 0 Å². The summed E-state index contributed by atoms with van der Waals surface area (Å²) in [7, 11) is 0. The molecular formula is C23H31NO. The molecule has 0 unspecified atom stereocenters. The van der Waals surface area contributed by atoms with E-state index in [0.29, 0.717) is 12.0 Å². The summed E-state index contributed by atoms with van der Waals surface area (Å²) in [6.07, 6.45) is 2.43. The van der Waals surface area contributed by atoms with E-state index in [4.69, 9.17) is 4.74 Å². The van der Waals surface area contributed by atoms with Crippen LogP contribution in [-0.4, -0.2) is 30.2 Å². The number of ether oxygens (including phenoxy) is 1. The first kappa shape index (κ1) is 18.2. The van der Waals surface area contributed by atoms with Crippen molar-refractivity contribution in [2.24, 2.45) is 5.92 Å². The molecule has 0 aromatic heterocycles. The van der Waals surface area contributed by atoms with E-state index < -0.39 is 0 Å². The first-order valence-electron chi connectivity index (χ1n) is 9.51. The zero-order valence-electron chi connectivity index (χ0n) is 15.8. The molecule has 25 heavy (non-hydrogen) atoms. The summed E-state index contributed by atoms with van der Waals surface area (Å²) in [6, 6.07) is 22.2. The number of hydrogen-bond donors (Lipinski definition) is 0. The van der Waals surface area contributed by atoms with Gasteiger partial charge in [-0.25, -0.2) is 0 Å². The Bertz CT molecular complexity index is 585. The lowest BCUT2D eigenvalue weighted by atomic mass is 9.91. The van der Waals surface area contributed by atoms with Gasteiger partial charge in [0.1, 0.15) is 0 Å². The molecule has 2 aromatic carbocycles. The maximum atomic E-state index is 6.02. The highest BCUT2D eigenvalue weighted by Gasteiger charge is 2.28. The predicted octanol–water partition coefficient (Wildman–Crippen LogP) is 5.30. The molecule has 0 aliphatic carbocycles. The zero-order valence-corrected chi connectivity index (χ0v) is 15.8. The molecule has 2 heteroatoms. The van der Waals surface area contributed by atoms with Crippen molar-refractivity contribution in [2.75, 3.05) is 19.7 Å². The van der Waals surface area contributed by atoms with Gasteiger partial charge in [0.05, 0.1) is 18.2 Å². The van der Waals surface area contributed by atoms with Crippen molar-refractivity contribution < 1.29 is 4.74 Å². The second-order valence-corrected chi connectivity index (χ2v) is 8.13. The Morgan fingerprint density at radius 1 is 0.880 bits per heavy atom. The Kier molecular flexibility index (Phi) is 5.93. The van der Waals surface area contributed by atoms with Gasteiger partial charge in [0.15, 0.2) is 0 Å². The van der Waals surface area contributed by atoms with E-state index in [1.807, 2.05) is 0 Å². The molecule has 1 aliphatic heterocycles. The van der Waals surface area contributed by atoms with Crippen molar-refractivity contribution in [3.63, 3.8) is 0 Å². The van der Waals surface area contributed by atoms with Crippen molar-refractivity contribution in [3.05, 3.63) is 71.8 Å². The highest BCUT2D eigenvalue weighted by atomic mass is 16.5. The summed E-state index contributed by atoms with van der Waals surface area (Å²) >= 11 is 0. The van der Waals surface area contributed by atoms with E-state index in [2.05, 4.69) is 86.3 Å². The van der Waals surface area contributed by atoms with Gasteiger partial charge in [-0.05, 0) is 63.7 Å². The summed E-state index contributed by atoms with van der Waals surface area (Å²) in [5, 5.41) is 0. The van der Waals surface area contributed by atoms with Crippen molar-refractivity contribution in [2.45, 2.75) is 45.3 Å². The molecule has 0 atom stereocenters. The Morgan fingerprint density at radius 2 is 1.36 bits per heavy atom. The van der Waals surface area contributed by atoms with Gasteiger partial charge in [-0.15, -0.1) is 0 Å². The van der Waals surface area contributed by atoms with E-state index in [9.17, 15) is 0 Å². The third kappa shape index (κ3) is 5.17. The Hall–Kier alpha value is -1.64. The number of piperidine rings is 1. The summed E-state index contributed by atoms with van der Waals surface area (Å²) in [4.78, 5) is 2.64. The Balaban J connectivity index is 1.69. The summed E-state index contributed by atoms with van der Waals surface area (Å²) in [6.45, 7) is 9.58. The first-order valence-corrected chi connectivity index (χ1v) is 9.51. The second-order valence-electron chi connectivity index (χ2n) is 8.13. The fraction of sp³-hybridized carbons (Fsp3) is 0.478. The molecular weight excluding hydrogens is 306 g/mol. The molecule has 134 valence electrons. The topological polar surface area (TPSA) is 12.5 Å². The van der Waals surface area contributed by atoms with Gasteiger partial charge in [0.25, 0.3) is 0 Å². The first-order chi connectivity index (χ1) is 12.0. The fourth-order valence-corrected chi connectivity index (χ4v) is 3.63. The van der Waals surface area contributed by atoms with E-state index in [1.165, 1.54) is 24.0 Å². The third-order valence-corrected chi connectivity index (χ3v) is 5.00. The van der Waals surface area contributed by atoms with Gasteiger partial charge in [-0.1, -0.05) is 60.7 Å². The van der Waals surface area contributed by atoms with E-state index in [-0.39, 0.29) is 5.60 Å². The van der Waals surface area contributed by atoms with E-state index in [0.717, 1.165) is 19.7 Å². The van der Waals surface area contributed by atoms with Crippen LogP contribution < -0.4 is 0 Å². The van der Waals surface area contributed by atoms with Crippen LogP contribution in [0.15, 0.2) is 60.7 Å². The Labute approximate surface area is 152 Å². The van der Waals surface area contributed by atoms with E-state index in [1.54, 1.807) is 0 Å². The normalized spacial score (nSPS) is 17.1. The minimum Gasteiger partial charge on any atom is -0.376 e. The molecule has 0 N–H and O–H groups in total. The number of rotatable bonds is 5. The second kappa shape index (κ2) is 8.16. The molecule has 1 heterocycles. The lowest BCUT2D eigenvalue weighted by Gasteiger charge is -2.38. The predicted molar refractivity (Wildman–Crippen MR) is 105 cm³/mol.